The van der Waals surface area contributed by atoms with Crippen molar-refractivity contribution in [3.8, 4) is 11.5 Å². The van der Waals surface area contributed by atoms with Crippen molar-refractivity contribution in [2.24, 2.45) is 0 Å². The van der Waals surface area contributed by atoms with Crippen molar-refractivity contribution < 1.29 is 18.7 Å². The first kappa shape index (κ1) is 20.6. The Bertz CT molecular complexity index is 1060. The number of benzene rings is 2. The monoisotopic (exact) mass is 433 g/mol. The highest BCUT2D eigenvalue weighted by Crippen LogP contribution is 2.32. The van der Waals surface area contributed by atoms with Gasteiger partial charge in [-0.15, -0.1) is 0 Å². The van der Waals surface area contributed by atoms with E-state index >= 15 is 0 Å². The van der Waals surface area contributed by atoms with Crippen LogP contribution in [0.5, 0.6) is 11.5 Å². The average molecular weight is 434 g/mol. The van der Waals surface area contributed by atoms with Crippen LogP contribution in [0.4, 0.5) is 0 Å². The predicted molar refractivity (Wildman–Crippen MR) is 119 cm³/mol. The fourth-order valence-electron chi connectivity index (χ4n) is 4.15. The third-order valence-corrected chi connectivity index (χ3v) is 5.91. The first-order chi connectivity index (χ1) is 15.7. The summed E-state index contributed by atoms with van der Waals surface area (Å²) in [5.41, 5.74) is 3.08. The van der Waals surface area contributed by atoms with Gasteiger partial charge >= 0.3 is 0 Å². The lowest BCUT2D eigenvalue weighted by atomic mass is 10.1. The van der Waals surface area contributed by atoms with E-state index in [4.69, 9.17) is 13.9 Å². The second-order valence-corrected chi connectivity index (χ2v) is 8.20. The van der Waals surface area contributed by atoms with E-state index in [1.165, 1.54) is 5.56 Å². The Kier molecular flexibility index (Phi) is 6.09. The number of nitrogens with zero attached hydrogens (tertiary/aromatic N) is 2. The summed E-state index contributed by atoms with van der Waals surface area (Å²) in [6, 6.07) is 17.7. The summed E-state index contributed by atoms with van der Waals surface area (Å²) in [5.74, 6) is 2.33. The van der Waals surface area contributed by atoms with Gasteiger partial charge in [-0.3, -0.25) is 14.6 Å². The van der Waals surface area contributed by atoms with E-state index in [-0.39, 0.29) is 5.91 Å². The average Bonchev–Trinajstić information content (AvgIpc) is 3.51. The molecule has 0 spiro atoms. The van der Waals surface area contributed by atoms with Gasteiger partial charge in [0.2, 0.25) is 6.79 Å². The van der Waals surface area contributed by atoms with E-state index in [2.05, 4.69) is 33.3 Å². The molecular weight excluding hydrogens is 406 g/mol. The lowest BCUT2D eigenvalue weighted by Gasteiger charge is -2.34. The Hall–Kier alpha value is -3.29. The smallest absolute Gasteiger partial charge is 0.251 e. The zero-order valence-electron chi connectivity index (χ0n) is 18.0. The van der Waals surface area contributed by atoms with Gasteiger partial charge in [-0.25, -0.2) is 0 Å². The fourth-order valence-corrected chi connectivity index (χ4v) is 4.15. The van der Waals surface area contributed by atoms with Gasteiger partial charge in [0, 0.05) is 44.8 Å². The Morgan fingerprint density at radius 3 is 2.34 bits per heavy atom. The van der Waals surface area contributed by atoms with Crippen LogP contribution in [0.2, 0.25) is 0 Å². The molecule has 3 heterocycles. The molecule has 0 bridgehead atoms. The summed E-state index contributed by atoms with van der Waals surface area (Å²) >= 11 is 0. The van der Waals surface area contributed by atoms with Gasteiger partial charge in [0.05, 0.1) is 12.8 Å². The molecule has 1 aromatic heterocycles. The standard InChI is InChI=1S/C25H27N3O4/c29-25(26-15-22-5-2-12-30-22)21-4-1-3-19(13-21)16-27-8-10-28(11-9-27)17-20-6-7-23-24(14-20)32-18-31-23/h1-7,12-14H,8-11,15-18H2,(H,26,29). The second-order valence-electron chi connectivity index (χ2n) is 8.20. The highest BCUT2D eigenvalue weighted by atomic mass is 16.7. The Morgan fingerprint density at radius 1 is 0.844 bits per heavy atom. The maximum atomic E-state index is 12.5. The van der Waals surface area contributed by atoms with E-state index in [0.29, 0.717) is 18.9 Å². The molecule has 2 aromatic carbocycles. The minimum Gasteiger partial charge on any atom is -0.467 e. The number of amides is 1. The van der Waals surface area contributed by atoms with E-state index in [1.807, 2.05) is 36.4 Å². The number of furan rings is 1. The van der Waals surface area contributed by atoms with Crippen LogP contribution in [0.15, 0.2) is 65.3 Å². The molecule has 0 radical (unpaired) electrons. The summed E-state index contributed by atoms with van der Waals surface area (Å²) in [4.78, 5) is 17.4. The van der Waals surface area contributed by atoms with Gasteiger partial charge in [0.1, 0.15) is 5.76 Å². The highest BCUT2D eigenvalue weighted by molar-refractivity contribution is 5.94. The number of rotatable bonds is 7. The molecule has 1 N–H and O–H groups in total. The molecule has 166 valence electrons. The quantitative estimate of drug-likeness (QED) is 0.617. The maximum Gasteiger partial charge on any atom is 0.251 e. The van der Waals surface area contributed by atoms with E-state index in [1.54, 1.807) is 6.26 Å². The Balaban J connectivity index is 1.11. The van der Waals surface area contributed by atoms with Crippen LogP contribution >= 0.6 is 0 Å². The van der Waals surface area contributed by atoms with Crippen molar-refractivity contribution in [2.45, 2.75) is 19.6 Å². The molecule has 1 saturated heterocycles. The number of ether oxygens (including phenoxy) is 2. The Labute approximate surface area is 187 Å². The van der Waals surface area contributed by atoms with Crippen molar-refractivity contribution in [2.75, 3.05) is 33.0 Å². The zero-order chi connectivity index (χ0) is 21.8. The molecule has 2 aliphatic heterocycles. The molecule has 7 heteroatoms. The topological polar surface area (TPSA) is 67.2 Å². The largest absolute Gasteiger partial charge is 0.467 e. The van der Waals surface area contributed by atoms with Crippen LogP contribution < -0.4 is 14.8 Å². The number of carbonyl (C=O) groups is 1. The third kappa shape index (κ3) is 4.95. The molecule has 1 fully saturated rings. The van der Waals surface area contributed by atoms with Crippen molar-refractivity contribution >= 4 is 5.91 Å². The number of nitrogens with one attached hydrogen (secondary N) is 1. The van der Waals surface area contributed by atoms with Gasteiger partial charge in [-0.1, -0.05) is 18.2 Å². The van der Waals surface area contributed by atoms with Crippen molar-refractivity contribution in [1.29, 1.82) is 0 Å². The van der Waals surface area contributed by atoms with E-state index in [0.717, 1.165) is 62.1 Å². The van der Waals surface area contributed by atoms with Crippen LogP contribution in [-0.2, 0) is 19.6 Å². The Morgan fingerprint density at radius 2 is 1.59 bits per heavy atom. The molecule has 3 aromatic rings. The first-order valence-corrected chi connectivity index (χ1v) is 11.0. The summed E-state index contributed by atoms with van der Waals surface area (Å²) in [6.45, 7) is 6.48. The van der Waals surface area contributed by atoms with E-state index in [9.17, 15) is 4.79 Å². The number of piperazine rings is 1. The molecule has 0 atom stereocenters. The van der Waals surface area contributed by atoms with E-state index < -0.39 is 0 Å². The zero-order valence-corrected chi connectivity index (χ0v) is 18.0. The van der Waals surface area contributed by atoms with Gasteiger partial charge in [-0.05, 0) is 47.5 Å². The SMILES string of the molecule is O=C(NCc1ccco1)c1cccc(CN2CCN(Cc3ccc4c(c3)OCO4)CC2)c1. The predicted octanol–water partition coefficient (Wildman–Crippen LogP) is 3.26. The second kappa shape index (κ2) is 9.46. The van der Waals surface area contributed by atoms with Crippen molar-refractivity contribution in [1.82, 2.24) is 15.1 Å². The molecule has 0 unspecified atom stereocenters. The highest BCUT2D eigenvalue weighted by Gasteiger charge is 2.19. The van der Waals surface area contributed by atoms with Gasteiger partial charge in [0.15, 0.2) is 11.5 Å². The van der Waals surface area contributed by atoms with Crippen LogP contribution in [0, 0.1) is 0 Å². The number of hydrogen-bond acceptors (Lipinski definition) is 6. The van der Waals surface area contributed by atoms with Crippen molar-refractivity contribution in [3.05, 3.63) is 83.3 Å². The summed E-state index contributed by atoms with van der Waals surface area (Å²) in [7, 11) is 0. The third-order valence-electron chi connectivity index (χ3n) is 5.91. The molecule has 1 amide bonds. The lowest BCUT2D eigenvalue weighted by Crippen LogP contribution is -2.45. The van der Waals surface area contributed by atoms with Crippen LogP contribution in [-0.4, -0.2) is 48.7 Å². The maximum absolute atomic E-state index is 12.5. The van der Waals surface area contributed by atoms with Gasteiger partial charge in [0.25, 0.3) is 5.91 Å². The summed E-state index contributed by atoms with van der Waals surface area (Å²) in [5, 5.41) is 2.91. The minimum atomic E-state index is -0.0863. The van der Waals surface area contributed by atoms with Gasteiger partial charge in [-0.2, -0.15) is 0 Å². The number of fused-ring (bicyclic) bond motifs is 1. The molecule has 0 saturated carbocycles. The minimum absolute atomic E-state index is 0.0863. The van der Waals surface area contributed by atoms with Gasteiger partial charge < -0.3 is 19.2 Å². The lowest BCUT2D eigenvalue weighted by molar-refractivity contribution is 0.0947. The summed E-state index contributed by atoms with van der Waals surface area (Å²) in [6.07, 6.45) is 1.61. The molecule has 32 heavy (non-hydrogen) atoms. The number of carbonyl (C=O) groups excluding carboxylic acids is 1. The molecule has 5 rings (SSSR count). The fraction of sp³-hybridized carbons (Fsp3) is 0.320. The normalized spacial score (nSPS) is 16.2. The molecule has 2 aliphatic rings. The van der Waals surface area contributed by atoms with Crippen molar-refractivity contribution in [3.63, 3.8) is 0 Å². The first-order valence-electron chi connectivity index (χ1n) is 11.0. The van der Waals surface area contributed by atoms with Crippen LogP contribution in [0.25, 0.3) is 0 Å². The van der Waals surface area contributed by atoms with Crippen LogP contribution in [0.3, 0.4) is 0 Å². The molecular formula is C25H27N3O4. The van der Waals surface area contributed by atoms with Crippen LogP contribution in [0.1, 0.15) is 27.2 Å². The summed E-state index contributed by atoms with van der Waals surface area (Å²) < 4.78 is 16.2. The number of hydrogen-bond donors (Lipinski definition) is 1. The molecule has 0 aliphatic carbocycles. The molecule has 7 nitrogen and oxygen atoms in total.